The summed E-state index contributed by atoms with van der Waals surface area (Å²) in [6.07, 6.45) is 0. The third-order valence-electron chi connectivity index (χ3n) is 5.46. The third-order valence-corrected chi connectivity index (χ3v) is 5.46. The summed E-state index contributed by atoms with van der Waals surface area (Å²) >= 11 is 0. The van der Waals surface area contributed by atoms with Crippen LogP contribution in [0.15, 0.2) is 72.8 Å². The maximum atomic E-state index is 12.2. The largest absolute Gasteiger partial charge is 0.490 e. The average Bonchev–Trinajstić information content (AvgIpc) is 2.82. The maximum Gasteiger partial charge on any atom is 0.164 e. The molecule has 33 heavy (non-hydrogen) atoms. The summed E-state index contributed by atoms with van der Waals surface area (Å²) in [5, 5.41) is 3.77. The van der Waals surface area contributed by atoms with Crippen molar-refractivity contribution in [3.05, 3.63) is 83.9 Å². The Kier molecular flexibility index (Phi) is 7.01. The molecule has 0 unspecified atom stereocenters. The van der Waals surface area contributed by atoms with E-state index >= 15 is 0 Å². The van der Waals surface area contributed by atoms with E-state index in [4.69, 9.17) is 14.2 Å². The molecular formula is C28H26O5. The van der Waals surface area contributed by atoms with Gasteiger partial charge in [0, 0.05) is 0 Å². The van der Waals surface area contributed by atoms with E-state index in [1.54, 1.807) is 13.8 Å². The molecule has 4 rings (SSSR count). The van der Waals surface area contributed by atoms with E-state index in [-0.39, 0.29) is 11.6 Å². The summed E-state index contributed by atoms with van der Waals surface area (Å²) in [6.45, 7) is 4.42. The van der Waals surface area contributed by atoms with E-state index < -0.39 is 0 Å². The van der Waals surface area contributed by atoms with Crippen molar-refractivity contribution < 1.29 is 23.8 Å². The van der Waals surface area contributed by atoms with Crippen LogP contribution in [0, 0.1) is 0 Å². The van der Waals surface area contributed by atoms with Crippen LogP contribution < -0.4 is 9.47 Å². The highest BCUT2D eigenvalue weighted by atomic mass is 16.5. The number of benzene rings is 4. The number of carbonyl (C=O) groups excluding carboxylic acids is 2. The zero-order valence-electron chi connectivity index (χ0n) is 18.8. The summed E-state index contributed by atoms with van der Waals surface area (Å²) in [4.78, 5) is 24.4. The third kappa shape index (κ3) is 5.04. The van der Waals surface area contributed by atoms with Crippen molar-refractivity contribution in [2.45, 2.75) is 13.8 Å². The highest BCUT2D eigenvalue weighted by Crippen LogP contribution is 2.29. The van der Waals surface area contributed by atoms with Crippen LogP contribution in [0.3, 0.4) is 0 Å². The number of ether oxygens (including phenoxy) is 3. The SMILES string of the molecule is CC(=O)c1c(OCCOCCOc2ccc3ccccc3c2C(C)=O)ccc2ccccc12. The van der Waals surface area contributed by atoms with Crippen molar-refractivity contribution in [1.29, 1.82) is 0 Å². The number of rotatable bonds is 10. The molecule has 0 aliphatic carbocycles. The fourth-order valence-electron chi connectivity index (χ4n) is 3.99. The second-order valence-corrected chi connectivity index (χ2v) is 7.74. The van der Waals surface area contributed by atoms with Crippen molar-refractivity contribution in [2.75, 3.05) is 26.4 Å². The van der Waals surface area contributed by atoms with E-state index in [1.165, 1.54) is 0 Å². The van der Waals surface area contributed by atoms with Gasteiger partial charge < -0.3 is 14.2 Å². The Hall–Kier alpha value is -3.70. The van der Waals surface area contributed by atoms with Crippen molar-refractivity contribution in [3.8, 4) is 11.5 Å². The van der Waals surface area contributed by atoms with Gasteiger partial charge in [0.2, 0.25) is 0 Å². The van der Waals surface area contributed by atoms with E-state index in [2.05, 4.69) is 0 Å². The van der Waals surface area contributed by atoms with Gasteiger partial charge in [-0.1, -0.05) is 60.7 Å². The van der Waals surface area contributed by atoms with Gasteiger partial charge in [-0.3, -0.25) is 9.59 Å². The Balaban J connectivity index is 1.30. The highest BCUT2D eigenvalue weighted by molar-refractivity contribution is 6.10. The van der Waals surface area contributed by atoms with Crippen LogP contribution in [0.1, 0.15) is 34.6 Å². The molecule has 0 fully saturated rings. The van der Waals surface area contributed by atoms with Gasteiger partial charge in [0.05, 0.1) is 24.3 Å². The summed E-state index contributed by atoms with van der Waals surface area (Å²) in [7, 11) is 0. The minimum atomic E-state index is -0.0345. The summed E-state index contributed by atoms with van der Waals surface area (Å²) < 4.78 is 17.3. The molecule has 0 spiro atoms. The molecule has 0 saturated heterocycles. The Labute approximate surface area is 192 Å². The highest BCUT2D eigenvalue weighted by Gasteiger charge is 2.14. The fourth-order valence-corrected chi connectivity index (χ4v) is 3.99. The molecule has 0 heterocycles. The number of hydrogen-bond acceptors (Lipinski definition) is 5. The number of carbonyl (C=O) groups is 2. The van der Waals surface area contributed by atoms with Crippen molar-refractivity contribution >= 4 is 33.1 Å². The Morgan fingerprint density at radius 2 is 1.00 bits per heavy atom. The van der Waals surface area contributed by atoms with Gasteiger partial charge in [0.15, 0.2) is 11.6 Å². The lowest BCUT2D eigenvalue weighted by Gasteiger charge is -2.14. The Morgan fingerprint density at radius 3 is 1.42 bits per heavy atom. The molecule has 0 saturated carbocycles. The van der Waals surface area contributed by atoms with E-state index in [0.29, 0.717) is 49.1 Å². The summed E-state index contributed by atoms with van der Waals surface area (Å²) in [5.74, 6) is 1.05. The molecule has 5 nitrogen and oxygen atoms in total. The van der Waals surface area contributed by atoms with Gasteiger partial charge in [0.25, 0.3) is 0 Å². The first-order valence-electron chi connectivity index (χ1n) is 10.9. The number of ketones is 2. The number of hydrogen-bond donors (Lipinski definition) is 0. The normalized spacial score (nSPS) is 11.0. The van der Waals surface area contributed by atoms with Crippen LogP contribution in [0.2, 0.25) is 0 Å². The standard InChI is InChI=1S/C28H26O5/c1-19(29)27-23-9-5-3-7-21(23)11-13-25(27)32-17-15-31-16-18-33-26-14-12-22-8-4-6-10-24(22)28(26)20(2)30/h3-14H,15-18H2,1-2H3. The zero-order chi connectivity index (χ0) is 23.2. The van der Waals surface area contributed by atoms with Crippen molar-refractivity contribution in [2.24, 2.45) is 0 Å². The molecule has 4 aromatic carbocycles. The number of Topliss-reactive ketones (excluding diaryl/α,β-unsaturated/α-hetero) is 2. The molecule has 0 aliphatic rings. The van der Waals surface area contributed by atoms with Gasteiger partial charge in [0.1, 0.15) is 24.7 Å². The first-order valence-corrected chi connectivity index (χ1v) is 10.9. The minimum Gasteiger partial charge on any atom is -0.490 e. The van der Waals surface area contributed by atoms with Gasteiger partial charge in [-0.15, -0.1) is 0 Å². The monoisotopic (exact) mass is 442 g/mol. The molecule has 0 N–H and O–H groups in total. The first-order chi connectivity index (χ1) is 16.1. The molecule has 0 radical (unpaired) electrons. The van der Waals surface area contributed by atoms with Gasteiger partial charge >= 0.3 is 0 Å². The smallest absolute Gasteiger partial charge is 0.164 e. The van der Waals surface area contributed by atoms with Crippen LogP contribution in [0.25, 0.3) is 21.5 Å². The molecule has 168 valence electrons. The van der Waals surface area contributed by atoms with E-state index in [0.717, 1.165) is 21.5 Å². The molecule has 0 aromatic heterocycles. The zero-order valence-corrected chi connectivity index (χ0v) is 18.8. The first kappa shape index (κ1) is 22.5. The van der Waals surface area contributed by atoms with E-state index in [1.807, 2.05) is 72.8 Å². The second kappa shape index (κ2) is 10.3. The molecule has 0 bridgehead atoms. The Bertz CT molecular complexity index is 1210. The molecule has 0 aliphatic heterocycles. The summed E-state index contributed by atoms with van der Waals surface area (Å²) in [5.41, 5.74) is 1.17. The topological polar surface area (TPSA) is 61.8 Å². The quantitative estimate of drug-likeness (QED) is 0.227. The van der Waals surface area contributed by atoms with E-state index in [9.17, 15) is 9.59 Å². The lowest BCUT2D eigenvalue weighted by molar-refractivity contribution is 0.0754. The minimum absolute atomic E-state index is 0.0345. The second-order valence-electron chi connectivity index (χ2n) is 7.74. The summed E-state index contributed by atoms with van der Waals surface area (Å²) in [6, 6.07) is 23.1. The lowest BCUT2D eigenvalue weighted by atomic mass is 10.0. The van der Waals surface area contributed by atoms with Crippen LogP contribution in [-0.4, -0.2) is 38.0 Å². The predicted octanol–water partition coefficient (Wildman–Crippen LogP) is 5.87. The van der Waals surface area contributed by atoms with Gasteiger partial charge in [-0.05, 0) is 47.5 Å². The molecule has 5 heteroatoms. The van der Waals surface area contributed by atoms with Gasteiger partial charge in [-0.25, -0.2) is 0 Å². The lowest BCUT2D eigenvalue weighted by Crippen LogP contribution is -2.14. The van der Waals surface area contributed by atoms with Crippen LogP contribution >= 0.6 is 0 Å². The van der Waals surface area contributed by atoms with Crippen LogP contribution in [-0.2, 0) is 4.74 Å². The van der Waals surface area contributed by atoms with Crippen LogP contribution in [0.4, 0.5) is 0 Å². The molecule has 0 atom stereocenters. The fraction of sp³-hybridized carbons (Fsp3) is 0.214. The molecule has 4 aromatic rings. The number of fused-ring (bicyclic) bond motifs is 2. The predicted molar refractivity (Wildman–Crippen MR) is 130 cm³/mol. The molecular weight excluding hydrogens is 416 g/mol. The van der Waals surface area contributed by atoms with Crippen LogP contribution in [0.5, 0.6) is 11.5 Å². The van der Waals surface area contributed by atoms with Crippen molar-refractivity contribution in [3.63, 3.8) is 0 Å². The van der Waals surface area contributed by atoms with Crippen molar-refractivity contribution in [1.82, 2.24) is 0 Å². The maximum absolute atomic E-state index is 12.2. The Morgan fingerprint density at radius 1 is 0.576 bits per heavy atom. The van der Waals surface area contributed by atoms with Gasteiger partial charge in [-0.2, -0.15) is 0 Å². The molecule has 0 amide bonds. The average molecular weight is 443 g/mol.